The number of benzene rings is 1. The van der Waals surface area contributed by atoms with Gasteiger partial charge >= 0.3 is 0 Å². The standard InChI is InChI=1S/C21H27N5O/c1-3-22-21(23-13-11-17-7-9-19(27-2)10-8-17)24-14-12-18-16-26-15-5-4-6-20(26)25-18/h4-10,15-16H,3,11-14H2,1-2H3,(H2,22,23,24). The van der Waals surface area contributed by atoms with Crippen molar-refractivity contribution in [1.29, 1.82) is 0 Å². The van der Waals surface area contributed by atoms with Gasteiger partial charge in [-0.3, -0.25) is 4.99 Å². The molecule has 0 bridgehead atoms. The third kappa shape index (κ3) is 5.48. The number of fused-ring (bicyclic) bond motifs is 1. The molecule has 142 valence electrons. The maximum atomic E-state index is 5.19. The zero-order chi connectivity index (χ0) is 18.9. The average molecular weight is 365 g/mol. The van der Waals surface area contributed by atoms with Gasteiger partial charge in [-0.1, -0.05) is 18.2 Å². The molecule has 2 aromatic heterocycles. The lowest BCUT2D eigenvalue weighted by Gasteiger charge is -2.11. The second-order valence-electron chi connectivity index (χ2n) is 6.23. The summed E-state index contributed by atoms with van der Waals surface area (Å²) in [6.45, 7) is 4.43. The molecule has 0 saturated heterocycles. The van der Waals surface area contributed by atoms with Crippen LogP contribution < -0.4 is 15.4 Å². The van der Waals surface area contributed by atoms with Crippen LogP contribution in [-0.4, -0.2) is 42.1 Å². The van der Waals surface area contributed by atoms with Crippen LogP contribution in [0.1, 0.15) is 18.2 Å². The van der Waals surface area contributed by atoms with E-state index in [1.165, 1.54) is 5.56 Å². The Morgan fingerprint density at radius 3 is 2.70 bits per heavy atom. The van der Waals surface area contributed by atoms with Crippen LogP contribution in [0.5, 0.6) is 5.75 Å². The second kappa shape index (κ2) is 9.62. The molecule has 1 aromatic carbocycles. The molecule has 2 heterocycles. The van der Waals surface area contributed by atoms with Crippen LogP contribution in [0.3, 0.4) is 0 Å². The molecule has 0 amide bonds. The van der Waals surface area contributed by atoms with Gasteiger partial charge in [0.15, 0.2) is 5.96 Å². The van der Waals surface area contributed by atoms with E-state index < -0.39 is 0 Å². The summed E-state index contributed by atoms with van der Waals surface area (Å²) in [6, 6.07) is 14.2. The summed E-state index contributed by atoms with van der Waals surface area (Å²) in [5.74, 6) is 1.73. The SMILES string of the molecule is CCNC(=NCCc1cn2ccccc2n1)NCCc1ccc(OC)cc1. The van der Waals surface area contributed by atoms with Gasteiger partial charge in [-0.25, -0.2) is 4.98 Å². The summed E-state index contributed by atoms with van der Waals surface area (Å²) < 4.78 is 7.23. The molecule has 0 saturated carbocycles. The molecule has 0 aliphatic heterocycles. The highest BCUT2D eigenvalue weighted by Crippen LogP contribution is 2.11. The largest absolute Gasteiger partial charge is 0.497 e. The molecule has 0 atom stereocenters. The van der Waals surface area contributed by atoms with E-state index >= 15 is 0 Å². The summed E-state index contributed by atoms with van der Waals surface area (Å²) in [5.41, 5.74) is 3.30. The summed E-state index contributed by atoms with van der Waals surface area (Å²) in [4.78, 5) is 9.28. The van der Waals surface area contributed by atoms with Crippen molar-refractivity contribution in [3.63, 3.8) is 0 Å². The van der Waals surface area contributed by atoms with Crippen molar-refractivity contribution >= 4 is 11.6 Å². The Bertz CT molecular complexity index is 837. The molecule has 0 radical (unpaired) electrons. The van der Waals surface area contributed by atoms with Crippen molar-refractivity contribution in [2.45, 2.75) is 19.8 Å². The fourth-order valence-corrected chi connectivity index (χ4v) is 2.85. The van der Waals surface area contributed by atoms with E-state index in [9.17, 15) is 0 Å². The van der Waals surface area contributed by atoms with Crippen LogP contribution in [0.4, 0.5) is 0 Å². The molecular formula is C21H27N5O. The van der Waals surface area contributed by atoms with E-state index in [2.05, 4.69) is 45.9 Å². The molecule has 0 aliphatic rings. The molecule has 27 heavy (non-hydrogen) atoms. The highest BCUT2D eigenvalue weighted by atomic mass is 16.5. The van der Waals surface area contributed by atoms with Gasteiger partial charge < -0.3 is 19.8 Å². The number of nitrogens with zero attached hydrogens (tertiary/aromatic N) is 3. The first-order valence-electron chi connectivity index (χ1n) is 9.36. The van der Waals surface area contributed by atoms with Gasteiger partial charge in [0.1, 0.15) is 11.4 Å². The minimum atomic E-state index is 0.696. The highest BCUT2D eigenvalue weighted by molar-refractivity contribution is 5.79. The molecule has 6 nitrogen and oxygen atoms in total. The molecule has 0 unspecified atom stereocenters. The first-order chi connectivity index (χ1) is 13.3. The number of methoxy groups -OCH3 is 1. The van der Waals surface area contributed by atoms with Crippen molar-refractivity contribution in [3.8, 4) is 5.75 Å². The number of imidazole rings is 1. The molecule has 3 rings (SSSR count). The molecule has 0 spiro atoms. The van der Waals surface area contributed by atoms with E-state index in [0.29, 0.717) is 6.54 Å². The summed E-state index contributed by atoms with van der Waals surface area (Å²) in [6.07, 6.45) is 5.83. The average Bonchev–Trinajstić information content (AvgIpc) is 3.11. The Morgan fingerprint density at radius 2 is 1.96 bits per heavy atom. The van der Waals surface area contributed by atoms with Gasteiger partial charge in [-0.05, 0) is 43.2 Å². The molecule has 0 fully saturated rings. The third-order valence-corrected chi connectivity index (χ3v) is 4.26. The van der Waals surface area contributed by atoms with Crippen molar-refractivity contribution in [2.24, 2.45) is 4.99 Å². The first-order valence-corrected chi connectivity index (χ1v) is 9.36. The van der Waals surface area contributed by atoms with E-state index in [-0.39, 0.29) is 0 Å². The number of hydrogen-bond acceptors (Lipinski definition) is 3. The number of ether oxygens (including phenoxy) is 1. The molecule has 3 aromatic rings. The lowest BCUT2D eigenvalue weighted by molar-refractivity contribution is 0.414. The number of aliphatic imine (C=N–C) groups is 1. The van der Waals surface area contributed by atoms with Crippen LogP contribution >= 0.6 is 0 Å². The van der Waals surface area contributed by atoms with E-state index in [1.54, 1.807) is 7.11 Å². The fraction of sp³-hybridized carbons (Fsp3) is 0.333. The van der Waals surface area contributed by atoms with Gasteiger partial charge in [0.05, 0.1) is 12.8 Å². The van der Waals surface area contributed by atoms with Crippen molar-refractivity contribution in [3.05, 3.63) is 66.1 Å². The normalized spacial score (nSPS) is 11.6. The monoisotopic (exact) mass is 365 g/mol. The Labute approximate surface area is 160 Å². The Kier molecular flexibility index (Phi) is 6.68. The third-order valence-electron chi connectivity index (χ3n) is 4.26. The van der Waals surface area contributed by atoms with Crippen molar-refractivity contribution in [2.75, 3.05) is 26.7 Å². The number of pyridine rings is 1. The Balaban J connectivity index is 1.49. The van der Waals surface area contributed by atoms with Gasteiger partial charge in [0.25, 0.3) is 0 Å². The highest BCUT2D eigenvalue weighted by Gasteiger charge is 2.02. The van der Waals surface area contributed by atoms with Crippen LogP contribution in [0.2, 0.25) is 0 Å². The van der Waals surface area contributed by atoms with Crippen LogP contribution in [0, 0.1) is 0 Å². The zero-order valence-electron chi connectivity index (χ0n) is 16.0. The van der Waals surface area contributed by atoms with Crippen LogP contribution in [0.25, 0.3) is 5.65 Å². The van der Waals surface area contributed by atoms with Gasteiger partial charge in [0.2, 0.25) is 0 Å². The lowest BCUT2D eigenvalue weighted by atomic mass is 10.1. The number of guanidine groups is 1. The number of nitrogens with one attached hydrogen (secondary N) is 2. The lowest BCUT2D eigenvalue weighted by Crippen LogP contribution is -2.38. The first kappa shape index (κ1) is 18.8. The summed E-state index contributed by atoms with van der Waals surface area (Å²) >= 11 is 0. The number of aromatic nitrogens is 2. The fourth-order valence-electron chi connectivity index (χ4n) is 2.85. The smallest absolute Gasteiger partial charge is 0.191 e. The van der Waals surface area contributed by atoms with Gasteiger partial charge in [-0.15, -0.1) is 0 Å². The second-order valence-corrected chi connectivity index (χ2v) is 6.23. The quantitative estimate of drug-likeness (QED) is 0.476. The minimum Gasteiger partial charge on any atom is -0.497 e. The summed E-state index contributed by atoms with van der Waals surface area (Å²) in [5, 5.41) is 6.69. The van der Waals surface area contributed by atoms with Crippen LogP contribution in [-0.2, 0) is 12.8 Å². The zero-order valence-corrected chi connectivity index (χ0v) is 16.0. The Morgan fingerprint density at radius 1 is 1.11 bits per heavy atom. The molecular weight excluding hydrogens is 338 g/mol. The predicted octanol–water partition coefficient (Wildman–Crippen LogP) is 2.68. The van der Waals surface area contributed by atoms with E-state index in [4.69, 9.17) is 4.74 Å². The predicted molar refractivity (Wildman–Crippen MR) is 110 cm³/mol. The van der Waals surface area contributed by atoms with Gasteiger partial charge in [0, 0.05) is 38.4 Å². The minimum absolute atomic E-state index is 0.696. The van der Waals surface area contributed by atoms with Crippen molar-refractivity contribution < 1.29 is 4.74 Å². The number of hydrogen-bond donors (Lipinski definition) is 2. The topological polar surface area (TPSA) is 63.0 Å². The maximum absolute atomic E-state index is 5.19. The summed E-state index contributed by atoms with van der Waals surface area (Å²) in [7, 11) is 1.68. The molecule has 2 N–H and O–H groups in total. The molecule has 6 heteroatoms. The molecule has 0 aliphatic carbocycles. The van der Waals surface area contributed by atoms with Crippen LogP contribution in [0.15, 0.2) is 59.9 Å². The number of rotatable bonds is 8. The van der Waals surface area contributed by atoms with Gasteiger partial charge in [-0.2, -0.15) is 0 Å². The van der Waals surface area contributed by atoms with E-state index in [0.717, 1.165) is 49.0 Å². The maximum Gasteiger partial charge on any atom is 0.191 e. The van der Waals surface area contributed by atoms with E-state index in [1.807, 2.05) is 40.9 Å². The Hall–Kier alpha value is -3.02. The van der Waals surface area contributed by atoms with Crippen molar-refractivity contribution in [1.82, 2.24) is 20.0 Å².